The van der Waals surface area contributed by atoms with Crippen LogP contribution in [-0.4, -0.2) is 56.9 Å². The highest BCUT2D eigenvalue weighted by Gasteiger charge is 2.36. The molecule has 4 N–H and O–H groups in total. The van der Waals surface area contributed by atoms with Gasteiger partial charge in [-0.15, -0.1) is 0 Å². The van der Waals surface area contributed by atoms with Gasteiger partial charge in [0.05, 0.1) is 30.5 Å². The smallest absolute Gasteiger partial charge is 0.303 e. The maximum Gasteiger partial charge on any atom is 0.303 e. The second-order valence-electron chi connectivity index (χ2n) is 6.92. The first-order valence-corrected chi connectivity index (χ1v) is 9.98. The highest BCUT2D eigenvalue weighted by molar-refractivity contribution is 5.66. The third-order valence-corrected chi connectivity index (χ3v) is 4.44. The van der Waals surface area contributed by atoms with Crippen molar-refractivity contribution >= 4 is 5.97 Å². The molecule has 0 radical (unpaired) electrons. The summed E-state index contributed by atoms with van der Waals surface area (Å²) >= 11 is 0. The SMILES string of the molecule is CC/C=C\C[C@H]1O[C@H]([C@H](O)/C=C/[C@H](O)C/C=C\C/C=C\CCC(=O)O)C[C@@H]1O. The minimum atomic E-state index is -0.870. The van der Waals surface area contributed by atoms with Crippen LogP contribution >= 0.6 is 0 Å². The molecule has 1 aliphatic heterocycles. The fourth-order valence-electron chi connectivity index (χ4n) is 2.87. The van der Waals surface area contributed by atoms with Gasteiger partial charge < -0.3 is 25.2 Å². The summed E-state index contributed by atoms with van der Waals surface area (Å²) < 4.78 is 5.73. The molecule has 1 aliphatic rings. The van der Waals surface area contributed by atoms with Crippen molar-refractivity contribution in [3.8, 4) is 0 Å². The number of hydrogen-bond donors (Lipinski definition) is 4. The monoisotopic (exact) mass is 394 g/mol. The Bertz CT molecular complexity index is 551. The number of rotatable bonds is 13. The predicted molar refractivity (Wildman–Crippen MR) is 109 cm³/mol. The van der Waals surface area contributed by atoms with Crippen LogP contribution in [0.4, 0.5) is 0 Å². The van der Waals surface area contributed by atoms with E-state index < -0.39 is 30.4 Å². The van der Waals surface area contributed by atoms with Crippen LogP contribution in [-0.2, 0) is 9.53 Å². The van der Waals surface area contributed by atoms with Gasteiger partial charge >= 0.3 is 5.97 Å². The predicted octanol–water partition coefficient (Wildman–Crippen LogP) is 2.90. The summed E-state index contributed by atoms with van der Waals surface area (Å²) in [6.45, 7) is 2.04. The van der Waals surface area contributed by atoms with E-state index in [1.807, 2.05) is 43.4 Å². The van der Waals surface area contributed by atoms with E-state index in [9.17, 15) is 20.1 Å². The molecule has 158 valence electrons. The lowest BCUT2D eigenvalue weighted by Gasteiger charge is -2.16. The van der Waals surface area contributed by atoms with Crippen LogP contribution in [0.1, 0.15) is 51.9 Å². The fraction of sp³-hybridized carbons (Fsp3) is 0.591. The van der Waals surface area contributed by atoms with E-state index in [0.717, 1.165) is 6.42 Å². The number of aliphatic carboxylic acids is 1. The highest BCUT2D eigenvalue weighted by atomic mass is 16.5. The minimum absolute atomic E-state index is 0.129. The van der Waals surface area contributed by atoms with E-state index in [-0.39, 0.29) is 12.5 Å². The van der Waals surface area contributed by atoms with Crippen LogP contribution in [0.2, 0.25) is 0 Å². The van der Waals surface area contributed by atoms with Gasteiger partial charge in [-0.25, -0.2) is 0 Å². The number of ether oxygens (including phenoxy) is 1. The summed E-state index contributed by atoms with van der Waals surface area (Å²) in [7, 11) is 0. The van der Waals surface area contributed by atoms with E-state index in [1.54, 1.807) is 0 Å². The van der Waals surface area contributed by atoms with Crippen molar-refractivity contribution in [2.75, 3.05) is 0 Å². The third-order valence-electron chi connectivity index (χ3n) is 4.44. The Hall–Kier alpha value is -1.73. The molecule has 0 spiro atoms. The van der Waals surface area contributed by atoms with E-state index in [0.29, 0.717) is 32.1 Å². The van der Waals surface area contributed by atoms with Crippen LogP contribution in [0.3, 0.4) is 0 Å². The molecule has 0 aliphatic carbocycles. The van der Waals surface area contributed by atoms with Gasteiger partial charge in [-0.1, -0.05) is 55.5 Å². The zero-order valence-electron chi connectivity index (χ0n) is 16.6. The molecule has 0 unspecified atom stereocenters. The van der Waals surface area contributed by atoms with Crippen LogP contribution in [0.15, 0.2) is 48.6 Å². The first-order chi connectivity index (χ1) is 13.4. The lowest BCUT2D eigenvalue weighted by molar-refractivity contribution is -0.136. The topological polar surface area (TPSA) is 107 Å². The van der Waals surface area contributed by atoms with E-state index in [2.05, 4.69) is 0 Å². The summed E-state index contributed by atoms with van der Waals surface area (Å²) in [6, 6.07) is 0. The number of carboxylic acids is 1. The standard InChI is InChI=1S/C22H34O6/c1-2-3-8-12-20-19(25)16-21(28-20)18(24)15-14-17(23)11-9-6-4-5-7-10-13-22(26)27/h3,5-9,14-15,17-21,23-25H,2,4,10-13,16H2,1H3,(H,26,27)/b7-5-,8-3-,9-6-,15-14+/t17-,18-,19+,20-,21+/m1/s1. The van der Waals surface area contributed by atoms with Crippen molar-refractivity contribution in [3.63, 3.8) is 0 Å². The summed E-state index contributed by atoms with van der Waals surface area (Å²) in [5.41, 5.74) is 0. The Labute approximate surface area is 167 Å². The molecule has 5 atom stereocenters. The molecule has 1 rings (SSSR count). The Morgan fingerprint density at radius 3 is 2.57 bits per heavy atom. The van der Waals surface area contributed by atoms with Gasteiger partial charge in [0.15, 0.2) is 0 Å². The molecule has 1 fully saturated rings. The zero-order valence-corrected chi connectivity index (χ0v) is 16.6. The van der Waals surface area contributed by atoms with E-state index in [1.165, 1.54) is 12.2 Å². The van der Waals surface area contributed by atoms with Crippen molar-refractivity contribution < 1.29 is 30.0 Å². The van der Waals surface area contributed by atoms with Crippen molar-refractivity contribution in [2.45, 2.75) is 82.4 Å². The number of carbonyl (C=O) groups is 1. The summed E-state index contributed by atoms with van der Waals surface area (Å²) in [4.78, 5) is 10.4. The van der Waals surface area contributed by atoms with Gasteiger partial charge in [-0.2, -0.15) is 0 Å². The Balaban J connectivity index is 2.28. The van der Waals surface area contributed by atoms with E-state index >= 15 is 0 Å². The molecule has 6 heteroatoms. The van der Waals surface area contributed by atoms with Gasteiger partial charge in [0.2, 0.25) is 0 Å². The van der Waals surface area contributed by atoms with Crippen LogP contribution in [0, 0.1) is 0 Å². The number of aliphatic hydroxyl groups is 3. The molecular formula is C22H34O6. The summed E-state index contributed by atoms with van der Waals surface area (Å²) in [5, 5.41) is 38.7. The van der Waals surface area contributed by atoms with Gasteiger partial charge in [0.25, 0.3) is 0 Å². The first-order valence-electron chi connectivity index (χ1n) is 9.98. The normalized spacial score (nSPS) is 25.5. The van der Waals surface area contributed by atoms with Gasteiger partial charge in [0, 0.05) is 12.8 Å². The molecule has 0 amide bonds. The summed E-state index contributed by atoms with van der Waals surface area (Å²) in [5.74, 6) is -0.807. The molecule has 28 heavy (non-hydrogen) atoms. The molecule has 1 saturated heterocycles. The van der Waals surface area contributed by atoms with Crippen LogP contribution in [0.25, 0.3) is 0 Å². The van der Waals surface area contributed by atoms with E-state index in [4.69, 9.17) is 9.84 Å². The minimum Gasteiger partial charge on any atom is -0.481 e. The molecule has 1 heterocycles. The number of hydrogen-bond acceptors (Lipinski definition) is 5. The molecule has 0 saturated carbocycles. The quantitative estimate of drug-likeness (QED) is 0.358. The molecule has 0 aromatic rings. The lowest BCUT2D eigenvalue weighted by Crippen LogP contribution is -2.24. The molecule has 0 aromatic heterocycles. The zero-order chi connectivity index (χ0) is 20.8. The lowest BCUT2D eigenvalue weighted by atomic mass is 10.0. The Morgan fingerprint density at radius 2 is 1.86 bits per heavy atom. The van der Waals surface area contributed by atoms with Gasteiger partial charge in [-0.05, 0) is 32.1 Å². The number of aliphatic hydroxyl groups excluding tert-OH is 3. The second kappa shape index (κ2) is 14.3. The van der Waals surface area contributed by atoms with Crippen molar-refractivity contribution in [3.05, 3.63) is 48.6 Å². The van der Waals surface area contributed by atoms with Crippen LogP contribution in [0.5, 0.6) is 0 Å². The maximum atomic E-state index is 10.4. The largest absolute Gasteiger partial charge is 0.481 e. The molecule has 6 nitrogen and oxygen atoms in total. The van der Waals surface area contributed by atoms with Crippen molar-refractivity contribution in [1.82, 2.24) is 0 Å². The van der Waals surface area contributed by atoms with Crippen molar-refractivity contribution in [2.24, 2.45) is 0 Å². The Kier molecular flexibility index (Phi) is 12.4. The molecule has 0 aromatic carbocycles. The number of allylic oxidation sites excluding steroid dienone is 4. The molecular weight excluding hydrogens is 360 g/mol. The first kappa shape index (κ1) is 24.3. The summed E-state index contributed by atoms with van der Waals surface area (Å²) in [6.07, 6.45) is 15.3. The van der Waals surface area contributed by atoms with Crippen LogP contribution < -0.4 is 0 Å². The van der Waals surface area contributed by atoms with Gasteiger partial charge in [0.1, 0.15) is 0 Å². The third kappa shape index (κ3) is 10.6. The highest BCUT2D eigenvalue weighted by Crippen LogP contribution is 2.26. The Morgan fingerprint density at radius 1 is 1.11 bits per heavy atom. The fourth-order valence-corrected chi connectivity index (χ4v) is 2.87. The van der Waals surface area contributed by atoms with Crippen molar-refractivity contribution in [1.29, 1.82) is 0 Å². The molecule has 0 bridgehead atoms. The second-order valence-corrected chi connectivity index (χ2v) is 6.92. The average Bonchev–Trinajstić information content (AvgIpc) is 3.02. The average molecular weight is 395 g/mol. The number of carboxylic acid groups (broad SMARTS) is 1. The maximum absolute atomic E-state index is 10.4. The van der Waals surface area contributed by atoms with Gasteiger partial charge in [-0.3, -0.25) is 4.79 Å².